The molecule has 0 saturated heterocycles. The van der Waals surface area contributed by atoms with Crippen molar-refractivity contribution in [1.82, 2.24) is 15.3 Å². The Kier molecular flexibility index (Phi) is 3.72. The van der Waals surface area contributed by atoms with Crippen molar-refractivity contribution in [3.05, 3.63) is 18.1 Å². The van der Waals surface area contributed by atoms with E-state index in [9.17, 15) is 0 Å². The minimum Gasteiger partial charge on any atom is -0.471 e. The molecule has 0 aliphatic heterocycles. The van der Waals surface area contributed by atoms with Gasteiger partial charge in [0.15, 0.2) is 0 Å². The molecule has 1 aliphatic carbocycles. The molecule has 1 aliphatic rings. The number of aromatic nitrogens is 2. The average Bonchev–Trinajstić information content (AvgIpc) is 2.33. The first-order valence-corrected chi connectivity index (χ1v) is 5.93. The van der Waals surface area contributed by atoms with Crippen LogP contribution in [0.1, 0.15) is 31.4 Å². The second-order valence-corrected chi connectivity index (χ2v) is 4.28. The molecule has 88 valence electrons. The van der Waals surface area contributed by atoms with Crippen molar-refractivity contribution < 1.29 is 4.74 Å². The Morgan fingerprint density at radius 1 is 1.25 bits per heavy atom. The molecule has 0 radical (unpaired) electrons. The summed E-state index contributed by atoms with van der Waals surface area (Å²) in [6.07, 6.45) is 8.40. The molecule has 1 aromatic heterocycles. The third-order valence-corrected chi connectivity index (χ3v) is 3.17. The molecule has 0 amide bonds. The third-order valence-electron chi connectivity index (χ3n) is 3.17. The van der Waals surface area contributed by atoms with Crippen molar-refractivity contribution in [2.45, 2.75) is 44.8 Å². The molecule has 1 heterocycles. The zero-order valence-corrected chi connectivity index (χ0v) is 9.94. The number of hydrogen-bond donors (Lipinski definition) is 1. The number of ether oxygens (including phenoxy) is 1. The fourth-order valence-corrected chi connectivity index (χ4v) is 2.22. The van der Waals surface area contributed by atoms with Gasteiger partial charge in [-0.2, -0.15) is 0 Å². The van der Waals surface area contributed by atoms with E-state index in [1.54, 1.807) is 12.4 Å². The lowest BCUT2D eigenvalue weighted by Gasteiger charge is -2.31. The molecule has 1 saturated carbocycles. The van der Waals surface area contributed by atoms with Gasteiger partial charge in [-0.25, -0.2) is 4.98 Å². The van der Waals surface area contributed by atoms with Gasteiger partial charge in [0.2, 0.25) is 5.88 Å². The highest BCUT2D eigenvalue weighted by Crippen LogP contribution is 2.23. The smallest absolute Gasteiger partial charge is 0.235 e. The van der Waals surface area contributed by atoms with Crippen LogP contribution in [0.5, 0.6) is 5.88 Å². The maximum Gasteiger partial charge on any atom is 0.235 e. The SMILES string of the molecule is CNC1CCCCC1Oc1nccnc1C. The summed E-state index contributed by atoms with van der Waals surface area (Å²) < 4.78 is 5.95. The van der Waals surface area contributed by atoms with E-state index in [4.69, 9.17) is 4.74 Å². The van der Waals surface area contributed by atoms with Gasteiger partial charge >= 0.3 is 0 Å². The molecule has 0 bridgehead atoms. The Labute approximate surface area is 96.4 Å². The summed E-state index contributed by atoms with van der Waals surface area (Å²) in [5.41, 5.74) is 0.864. The first kappa shape index (κ1) is 11.3. The van der Waals surface area contributed by atoms with Gasteiger partial charge in [-0.05, 0) is 33.2 Å². The number of rotatable bonds is 3. The van der Waals surface area contributed by atoms with Gasteiger partial charge in [-0.3, -0.25) is 4.98 Å². The molecular weight excluding hydrogens is 202 g/mol. The van der Waals surface area contributed by atoms with Crippen molar-refractivity contribution in [3.63, 3.8) is 0 Å². The number of aryl methyl sites for hydroxylation is 1. The Morgan fingerprint density at radius 2 is 2.00 bits per heavy atom. The topological polar surface area (TPSA) is 47.0 Å². The Hall–Kier alpha value is -1.16. The van der Waals surface area contributed by atoms with Crippen LogP contribution in [-0.2, 0) is 0 Å². The van der Waals surface area contributed by atoms with Crippen LogP contribution in [0.25, 0.3) is 0 Å². The highest BCUT2D eigenvalue weighted by atomic mass is 16.5. The quantitative estimate of drug-likeness (QED) is 0.843. The predicted octanol–water partition coefficient (Wildman–Crippen LogP) is 1.69. The van der Waals surface area contributed by atoms with E-state index in [1.165, 1.54) is 19.3 Å². The minimum atomic E-state index is 0.231. The van der Waals surface area contributed by atoms with Crippen LogP contribution in [-0.4, -0.2) is 29.2 Å². The zero-order valence-electron chi connectivity index (χ0n) is 9.94. The summed E-state index contributed by atoms with van der Waals surface area (Å²) in [5, 5.41) is 3.32. The van der Waals surface area contributed by atoms with Gasteiger partial charge in [0, 0.05) is 18.4 Å². The van der Waals surface area contributed by atoms with Crippen LogP contribution in [0, 0.1) is 6.92 Å². The van der Waals surface area contributed by atoms with Crippen molar-refractivity contribution in [1.29, 1.82) is 0 Å². The lowest BCUT2D eigenvalue weighted by molar-refractivity contribution is 0.111. The van der Waals surface area contributed by atoms with Gasteiger partial charge in [-0.1, -0.05) is 6.42 Å². The van der Waals surface area contributed by atoms with Crippen molar-refractivity contribution in [2.24, 2.45) is 0 Å². The summed E-state index contributed by atoms with van der Waals surface area (Å²) in [6, 6.07) is 0.440. The second kappa shape index (κ2) is 5.25. The molecular formula is C12H19N3O. The molecule has 1 fully saturated rings. The summed E-state index contributed by atoms with van der Waals surface area (Å²) in [4.78, 5) is 8.42. The summed E-state index contributed by atoms with van der Waals surface area (Å²) in [6.45, 7) is 1.93. The van der Waals surface area contributed by atoms with Crippen LogP contribution in [0.4, 0.5) is 0 Å². The monoisotopic (exact) mass is 221 g/mol. The molecule has 2 rings (SSSR count). The van der Waals surface area contributed by atoms with Gasteiger partial charge in [-0.15, -0.1) is 0 Å². The molecule has 4 nitrogen and oxygen atoms in total. The van der Waals surface area contributed by atoms with Crippen molar-refractivity contribution in [3.8, 4) is 5.88 Å². The lowest BCUT2D eigenvalue weighted by atomic mass is 9.92. The van der Waals surface area contributed by atoms with E-state index in [0.717, 1.165) is 12.1 Å². The Balaban J connectivity index is 2.05. The largest absolute Gasteiger partial charge is 0.471 e. The summed E-state index contributed by atoms with van der Waals surface area (Å²) in [7, 11) is 2.00. The van der Waals surface area contributed by atoms with E-state index in [0.29, 0.717) is 11.9 Å². The molecule has 1 N–H and O–H groups in total. The van der Waals surface area contributed by atoms with E-state index in [-0.39, 0.29) is 6.10 Å². The first-order chi connectivity index (χ1) is 7.81. The van der Waals surface area contributed by atoms with Gasteiger partial charge in [0.05, 0.1) is 5.69 Å². The molecule has 0 spiro atoms. The van der Waals surface area contributed by atoms with Crippen molar-refractivity contribution in [2.75, 3.05) is 7.05 Å². The number of hydrogen-bond acceptors (Lipinski definition) is 4. The number of nitrogens with zero attached hydrogens (tertiary/aromatic N) is 2. The fourth-order valence-electron chi connectivity index (χ4n) is 2.22. The lowest BCUT2D eigenvalue weighted by Crippen LogP contribution is -2.43. The molecule has 2 atom stereocenters. The fraction of sp³-hybridized carbons (Fsp3) is 0.667. The molecule has 2 unspecified atom stereocenters. The minimum absolute atomic E-state index is 0.231. The predicted molar refractivity (Wildman–Crippen MR) is 62.5 cm³/mol. The Morgan fingerprint density at radius 3 is 2.75 bits per heavy atom. The average molecular weight is 221 g/mol. The van der Waals surface area contributed by atoms with Crippen LogP contribution in [0.15, 0.2) is 12.4 Å². The number of nitrogens with one attached hydrogen (secondary N) is 1. The van der Waals surface area contributed by atoms with E-state index < -0.39 is 0 Å². The highest BCUT2D eigenvalue weighted by Gasteiger charge is 2.26. The molecule has 1 aromatic rings. The second-order valence-electron chi connectivity index (χ2n) is 4.28. The Bertz CT molecular complexity index is 343. The van der Waals surface area contributed by atoms with E-state index >= 15 is 0 Å². The highest BCUT2D eigenvalue weighted by molar-refractivity contribution is 5.15. The van der Waals surface area contributed by atoms with Crippen LogP contribution in [0.3, 0.4) is 0 Å². The van der Waals surface area contributed by atoms with Gasteiger partial charge in [0.25, 0.3) is 0 Å². The molecule has 0 aromatic carbocycles. The van der Waals surface area contributed by atoms with Gasteiger partial charge in [0.1, 0.15) is 6.10 Å². The molecule has 4 heteroatoms. The van der Waals surface area contributed by atoms with Crippen LogP contribution >= 0.6 is 0 Å². The zero-order chi connectivity index (χ0) is 11.4. The number of likely N-dealkylation sites (N-methyl/N-ethyl adjacent to an activating group) is 1. The van der Waals surface area contributed by atoms with E-state index in [1.807, 2.05) is 14.0 Å². The van der Waals surface area contributed by atoms with Gasteiger partial charge < -0.3 is 10.1 Å². The maximum atomic E-state index is 5.95. The third kappa shape index (κ3) is 2.50. The normalized spacial score (nSPS) is 25.4. The summed E-state index contributed by atoms with van der Waals surface area (Å²) in [5.74, 6) is 0.676. The van der Waals surface area contributed by atoms with E-state index in [2.05, 4.69) is 15.3 Å². The summed E-state index contributed by atoms with van der Waals surface area (Å²) >= 11 is 0. The first-order valence-electron chi connectivity index (χ1n) is 5.93. The standard InChI is InChI=1S/C12H19N3O/c1-9-12(15-8-7-14-9)16-11-6-4-3-5-10(11)13-2/h7-8,10-11,13H,3-6H2,1-2H3. The van der Waals surface area contributed by atoms with Crippen LogP contribution < -0.4 is 10.1 Å². The maximum absolute atomic E-state index is 5.95. The van der Waals surface area contributed by atoms with Crippen LogP contribution in [0.2, 0.25) is 0 Å². The molecule has 16 heavy (non-hydrogen) atoms. The van der Waals surface area contributed by atoms with Crippen molar-refractivity contribution >= 4 is 0 Å².